The van der Waals surface area contributed by atoms with Crippen molar-refractivity contribution in [2.75, 3.05) is 5.73 Å². The van der Waals surface area contributed by atoms with Crippen LogP contribution >= 0.6 is 0 Å². The first-order chi connectivity index (χ1) is 26.7. The molecule has 10 heteroatoms. The van der Waals surface area contributed by atoms with Gasteiger partial charge in [0.1, 0.15) is 23.1 Å². The lowest BCUT2D eigenvalue weighted by atomic mass is 9.82. The second-order valence-corrected chi connectivity index (χ2v) is 13.6. The molecular weight excluding hydrogens is 689 g/mol. The molecule has 1 atom stereocenters. The number of amides is 1. The minimum atomic E-state index is -0.315. The molecule has 8 rings (SSSR count). The largest absolute Gasteiger partial charge is 0.508 e. The number of imidazole rings is 1. The fraction of sp³-hybridized carbons (Fsp3) is 0.111. The number of phenols is 1. The van der Waals surface area contributed by atoms with Crippen molar-refractivity contribution in [1.82, 2.24) is 20.3 Å². The zero-order valence-electron chi connectivity index (χ0n) is 30.3. The molecule has 3 heterocycles. The Morgan fingerprint density at radius 2 is 1.76 bits per heavy atom. The molecule has 4 aromatic carbocycles. The summed E-state index contributed by atoms with van der Waals surface area (Å²) < 4.78 is 6.30. The minimum Gasteiger partial charge on any atom is -0.508 e. The highest BCUT2D eigenvalue weighted by molar-refractivity contribution is 6.01. The van der Waals surface area contributed by atoms with Gasteiger partial charge in [0.05, 0.1) is 11.4 Å². The molecule has 0 bridgehead atoms. The number of nitrogens with one attached hydrogen (secondary N) is 2. The Hall–Kier alpha value is -7.04. The van der Waals surface area contributed by atoms with Crippen LogP contribution in [0.4, 0.5) is 5.69 Å². The van der Waals surface area contributed by atoms with Crippen LogP contribution in [0.15, 0.2) is 127 Å². The number of nitrogen functional groups attached to an aromatic ring is 1. The summed E-state index contributed by atoms with van der Waals surface area (Å²) in [6.07, 6.45) is 10.6. The number of carbonyl (C=O) groups is 2. The highest BCUT2D eigenvalue weighted by Crippen LogP contribution is 2.46. The maximum absolute atomic E-state index is 13.5. The normalized spacial score (nSPS) is 14.5. The van der Waals surface area contributed by atoms with Gasteiger partial charge in [-0.05, 0) is 78.1 Å². The third-order valence-electron chi connectivity index (χ3n) is 9.97. The fourth-order valence-electron chi connectivity index (χ4n) is 7.07. The van der Waals surface area contributed by atoms with Gasteiger partial charge >= 0.3 is 0 Å². The molecule has 0 spiro atoms. The van der Waals surface area contributed by atoms with Crippen molar-refractivity contribution < 1.29 is 19.4 Å². The van der Waals surface area contributed by atoms with Crippen molar-refractivity contribution in [2.45, 2.75) is 32.9 Å². The molecule has 1 amide bonds. The summed E-state index contributed by atoms with van der Waals surface area (Å²) in [6, 6.07) is 25.7. The van der Waals surface area contributed by atoms with Gasteiger partial charge in [-0.1, -0.05) is 61.5 Å². The quantitative estimate of drug-likeness (QED) is 0.0747. The first-order valence-corrected chi connectivity index (χ1v) is 18.0. The average molecular weight is 727 g/mol. The number of hydrogen-bond acceptors (Lipinski definition) is 8. The number of ether oxygens (including phenoxy) is 1. The van der Waals surface area contributed by atoms with Crippen LogP contribution in [0.25, 0.3) is 39.5 Å². The molecule has 0 saturated heterocycles. The van der Waals surface area contributed by atoms with Crippen molar-refractivity contribution in [2.24, 2.45) is 5.73 Å². The third kappa shape index (κ3) is 6.71. The summed E-state index contributed by atoms with van der Waals surface area (Å²) in [7, 11) is 0. The Balaban J connectivity index is 1.04. The van der Waals surface area contributed by atoms with Gasteiger partial charge in [0.25, 0.3) is 5.91 Å². The van der Waals surface area contributed by atoms with Crippen LogP contribution < -0.4 is 21.5 Å². The Kier molecular flexibility index (Phi) is 9.18. The number of benzene rings is 4. The van der Waals surface area contributed by atoms with E-state index in [9.17, 15) is 14.7 Å². The van der Waals surface area contributed by atoms with Crippen LogP contribution in [0, 0.1) is 6.92 Å². The van der Waals surface area contributed by atoms with E-state index in [1.165, 1.54) is 0 Å². The fourth-order valence-corrected chi connectivity index (χ4v) is 7.07. The highest BCUT2D eigenvalue weighted by Gasteiger charge is 2.30. The molecule has 0 radical (unpaired) electrons. The molecule has 1 aliphatic carbocycles. The zero-order valence-corrected chi connectivity index (χ0v) is 30.3. The van der Waals surface area contributed by atoms with E-state index in [2.05, 4.69) is 15.3 Å². The Bertz CT molecular complexity index is 2590. The van der Waals surface area contributed by atoms with E-state index in [1.807, 2.05) is 92.7 Å². The number of rotatable bonds is 9. The number of allylic oxidation sites excluding steroid dienone is 1. The van der Waals surface area contributed by atoms with Gasteiger partial charge in [-0.2, -0.15) is 0 Å². The van der Waals surface area contributed by atoms with Gasteiger partial charge in [0.2, 0.25) is 0 Å². The molecule has 6 aromatic rings. The molecule has 1 aliphatic heterocycles. The predicted octanol–water partition coefficient (Wildman–Crippen LogP) is 7.68. The first-order valence-electron chi connectivity index (χ1n) is 18.0. The van der Waals surface area contributed by atoms with Gasteiger partial charge in [0.15, 0.2) is 6.29 Å². The van der Waals surface area contributed by atoms with Crippen LogP contribution in [0.1, 0.15) is 55.5 Å². The number of aldehydes is 1. The van der Waals surface area contributed by atoms with Crippen LogP contribution in [0.3, 0.4) is 0 Å². The number of aryl methyl sites for hydroxylation is 2. The minimum absolute atomic E-state index is 0.200. The van der Waals surface area contributed by atoms with E-state index >= 15 is 0 Å². The van der Waals surface area contributed by atoms with Crippen LogP contribution in [-0.2, 0) is 13.0 Å². The molecule has 0 fully saturated rings. The standard InChI is InChI=1S/C45H38N6O4/c1-3-27-19-34(47)22-39-40(27)41(36-13-11-33(46)21-38(36)55-39)35-12-10-31(18-32(35)24-52)45(54)49-23-26-5-8-29(9-6-26)44-50-42(28-14-16-48-17-15-28)43(51-44)30-7-4-25(2)37(53)20-30/h4-22,24,33,53H,3,23,46-47H2,1-2H3,(H,49,54)(H,50,51). The van der Waals surface area contributed by atoms with Crippen molar-refractivity contribution in [1.29, 1.82) is 0 Å². The van der Waals surface area contributed by atoms with Crippen molar-refractivity contribution in [3.63, 3.8) is 0 Å². The molecule has 1 unspecified atom stereocenters. The van der Waals surface area contributed by atoms with Crippen molar-refractivity contribution in [3.05, 3.63) is 166 Å². The summed E-state index contributed by atoms with van der Waals surface area (Å²) in [6.45, 7) is 4.17. The van der Waals surface area contributed by atoms with Gasteiger partial charge < -0.3 is 31.6 Å². The maximum Gasteiger partial charge on any atom is 0.251 e. The molecule has 10 nitrogen and oxygen atoms in total. The highest BCUT2D eigenvalue weighted by atomic mass is 16.5. The first kappa shape index (κ1) is 35.0. The summed E-state index contributed by atoms with van der Waals surface area (Å²) in [4.78, 5) is 38.7. The van der Waals surface area contributed by atoms with Crippen LogP contribution in [0.5, 0.6) is 11.5 Å². The Morgan fingerprint density at radius 3 is 2.51 bits per heavy atom. The summed E-state index contributed by atoms with van der Waals surface area (Å²) >= 11 is 0. The van der Waals surface area contributed by atoms with Crippen LogP contribution in [0.2, 0.25) is 0 Å². The summed E-state index contributed by atoms with van der Waals surface area (Å²) in [5.74, 6) is 1.75. The monoisotopic (exact) mass is 726 g/mol. The van der Waals surface area contributed by atoms with Gasteiger partial charge in [0, 0.05) is 81.3 Å². The molecular formula is C45H38N6O4. The SMILES string of the molecule is CCc1cc(N)cc2c1C(c1ccc(C(=O)NCc3ccc(-c4nc(-c5ccc(C)c(O)c5)c(-c5ccncc5)[nH]4)cc3)cc1C=O)=C1C=CC(N)C=C1O2. The number of carbonyl (C=O) groups excluding carboxylic acids is 2. The number of aromatic hydroxyl groups is 1. The molecule has 55 heavy (non-hydrogen) atoms. The summed E-state index contributed by atoms with van der Waals surface area (Å²) in [5.41, 5.74) is 23.6. The molecule has 7 N–H and O–H groups in total. The van der Waals surface area contributed by atoms with Crippen molar-refractivity contribution in [3.8, 4) is 45.4 Å². The second-order valence-electron chi connectivity index (χ2n) is 13.6. The van der Waals surface area contributed by atoms with Gasteiger partial charge in [-0.3, -0.25) is 14.6 Å². The Labute approximate surface area is 317 Å². The molecule has 272 valence electrons. The number of hydrogen-bond donors (Lipinski definition) is 5. The van der Waals surface area contributed by atoms with Crippen LogP contribution in [-0.4, -0.2) is 38.3 Å². The maximum atomic E-state index is 13.5. The zero-order chi connectivity index (χ0) is 38.2. The Morgan fingerprint density at radius 1 is 0.982 bits per heavy atom. The lowest BCUT2D eigenvalue weighted by Gasteiger charge is -2.30. The number of phenolic OH excluding ortho intramolecular Hbond substituents is 1. The van der Waals surface area contributed by atoms with E-state index < -0.39 is 0 Å². The number of aromatic nitrogens is 3. The van der Waals surface area contributed by atoms with Gasteiger partial charge in [-0.15, -0.1) is 0 Å². The smallest absolute Gasteiger partial charge is 0.251 e. The van der Waals surface area contributed by atoms with E-state index in [4.69, 9.17) is 21.2 Å². The molecule has 2 aliphatic rings. The van der Waals surface area contributed by atoms with E-state index in [-0.39, 0.29) is 24.2 Å². The predicted molar refractivity (Wildman–Crippen MR) is 214 cm³/mol. The number of nitrogens with two attached hydrogens (primary N) is 2. The number of pyridine rings is 1. The lowest BCUT2D eigenvalue weighted by Crippen LogP contribution is -2.23. The van der Waals surface area contributed by atoms with E-state index in [1.54, 1.807) is 36.7 Å². The molecule has 2 aromatic heterocycles. The number of fused-ring (bicyclic) bond motifs is 2. The molecule has 0 saturated carbocycles. The van der Waals surface area contributed by atoms with E-state index in [0.717, 1.165) is 62.1 Å². The average Bonchev–Trinajstić information content (AvgIpc) is 3.65. The summed E-state index contributed by atoms with van der Waals surface area (Å²) in [5, 5.41) is 13.4. The number of anilines is 1. The van der Waals surface area contributed by atoms with E-state index in [0.29, 0.717) is 51.8 Å². The third-order valence-corrected chi connectivity index (χ3v) is 9.97. The number of H-pyrrole nitrogens is 1. The number of aromatic amines is 1. The van der Waals surface area contributed by atoms with Gasteiger partial charge in [-0.25, -0.2) is 4.98 Å². The lowest BCUT2D eigenvalue weighted by molar-refractivity contribution is 0.0951. The van der Waals surface area contributed by atoms with Crippen molar-refractivity contribution >= 4 is 23.5 Å². The second kappa shape index (κ2) is 14.4. The topological polar surface area (TPSA) is 169 Å². The number of nitrogens with zero attached hydrogens (tertiary/aromatic N) is 2.